The number of anilines is 1. The number of halogens is 2. The molecule has 0 spiro atoms. The average Bonchev–Trinajstić information content (AvgIpc) is 3.49. The smallest absolute Gasteiger partial charge is 0.253 e. The van der Waals surface area contributed by atoms with Gasteiger partial charge in [-0.15, -0.1) is 0 Å². The molecule has 1 aliphatic carbocycles. The number of carbonyl (C=O) groups excluding carboxylic acids is 2. The highest BCUT2D eigenvalue weighted by molar-refractivity contribution is 5.94. The molecule has 10 heteroatoms. The number of carbonyl (C=O) groups is 2. The number of aromatic nitrogens is 2. The molecule has 0 bridgehead atoms. The van der Waals surface area contributed by atoms with Crippen LogP contribution in [0.25, 0.3) is 5.82 Å². The zero-order chi connectivity index (χ0) is 28.1. The number of hydrogen-bond donors (Lipinski definition) is 3. The molecule has 2 aromatic heterocycles. The zero-order valence-corrected chi connectivity index (χ0v) is 22.5. The van der Waals surface area contributed by atoms with Crippen LogP contribution < -0.4 is 16.0 Å². The second kappa shape index (κ2) is 12.2. The molecule has 1 aliphatic heterocycles. The minimum absolute atomic E-state index is 0.0188. The Morgan fingerprint density at radius 2 is 1.95 bits per heavy atom. The number of fused-ring (bicyclic) bond motifs is 1. The molecule has 1 saturated carbocycles. The monoisotopic (exact) mass is 551 g/mol. The van der Waals surface area contributed by atoms with Crippen molar-refractivity contribution in [3.8, 4) is 5.82 Å². The van der Waals surface area contributed by atoms with Crippen molar-refractivity contribution in [3.63, 3.8) is 0 Å². The molecule has 40 heavy (non-hydrogen) atoms. The van der Waals surface area contributed by atoms with E-state index in [0.29, 0.717) is 31.0 Å². The number of hydrogen-bond acceptors (Lipinski definition) is 5. The maximum atomic E-state index is 14.4. The van der Waals surface area contributed by atoms with Crippen LogP contribution >= 0.6 is 0 Å². The number of benzene rings is 1. The third kappa shape index (κ3) is 6.50. The van der Waals surface area contributed by atoms with Crippen LogP contribution in [0, 0.1) is 11.8 Å². The van der Waals surface area contributed by atoms with Gasteiger partial charge in [-0.05, 0) is 61.1 Å². The molecule has 5 rings (SSSR count). The topological polar surface area (TPSA) is 97.3 Å². The first-order valence-electron chi connectivity index (χ1n) is 13.7. The predicted molar refractivity (Wildman–Crippen MR) is 148 cm³/mol. The van der Waals surface area contributed by atoms with E-state index < -0.39 is 36.1 Å². The number of pyridine rings is 1. The van der Waals surface area contributed by atoms with Crippen molar-refractivity contribution in [2.45, 2.75) is 50.1 Å². The van der Waals surface area contributed by atoms with E-state index in [-0.39, 0.29) is 24.8 Å². The number of amides is 2. The SMILES string of the molecule is COC[C@@H]1Nc2ccccc2C[C@@H]1CCNC(=O)[C@H]1CC(F)(F)CC[C@H]1NC(=O)c1ccc(-n2cccc2)nc1. The summed E-state index contributed by atoms with van der Waals surface area (Å²) in [7, 11) is 1.66. The molecule has 0 unspecified atom stereocenters. The molecule has 1 aromatic carbocycles. The van der Waals surface area contributed by atoms with Crippen molar-refractivity contribution >= 4 is 17.5 Å². The van der Waals surface area contributed by atoms with E-state index in [9.17, 15) is 18.4 Å². The fourth-order valence-electron chi connectivity index (χ4n) is 5.75. The maximum Gasteiger partial charge on any atom is 0.253 e. The van der Waals surface area contributed by atoms with Crippen LogP contribution in [-0.2, 0) is 16.0 Å². The van der Waals surface area contributed by atoms with E-state index in [0.717, 1.165) is 12.1 Å². The van der Waals surface area contributed by atoms with Crippen molar-refractivity contribution in [1.29, 1.82) is 0 Å². The number of nitrogens with one attached hydrogen (secondary N) is 3. The molecule has 3 aromatic rings. The normalized spacial score (nSPS) is 23.5. The summed E-state index contributed by atoms with van der Waals surface area (Å²) in [5.41, 5.74) is 2.60. The molecule has 3 heterocycles. The Labute approximate surface area is 232 Å². The van der Waals surface area contributed by atoms with E-state index in [1.165, 1.54) is 11.8 Å². The third-order valence-electron chi connectivity index (χ3n) is 7.93. The van der Waals surface area contributed by atoms with Crippen LogP contribution in [0.4, 0.5) is 14.5 Å². The van der Waals surface area contributed by atoms with Gasteiger partial charge in [-0.1, -0.05) is 18.2 Å². The van der Waals surface area contributed by atoms with Crippen LogP contribution in [0.2, 0.25) is 0 Å². The van der Waals surface area contributed by atoms with Crippen molar-refractivity contribution in [2.24, 2.45) is 11.8 Å². The molecule has 1 fully saturated rings. The third-order valence-corrected chi connectivity index (χ3v) is 7.93. The Bertz CT molecular complexity index is 1300. The number of ether oxygens (including phenoxy) is 1. The standard InChI is InChI=1S/C30H35F2N5O3/c1-40-19-26-21(16-20-6-2-3-7-24(20)35-26)11-13-33-29(39)23-17-30(31,32)12-10-25(23)36-28(38)22-8-9-27(34-18-22)37-14-4-5-15-37/h2-9,14-15,18,21,23,25-26,35H,10-13,16-17,19H2,1H3,(H,33,39)(H,36,38)/t21-,23-,25+,26-/m0/s1. The fourth-order valence-corrected chi connectivity index (χ4v) is 5.75. The van der Waals surface area contributed by atoms with E-state index >= 15 is 0 Å². The number of methoxy groups -OCH3 is 1. The van der Waals surface area contributed by atoms with Crippen LogP contribution in [0.15, 0.2) is 67.1 Å². The lowest BCUT2D eigenvalue weighted by atomic mass is 9.81. The summed E-state index contributed by atoms with van der Waals surface area (Å²) >= 11 is 0. The summed E-state index contributed by atoms with van der Waals surface area (Å²) in [4.78, 5) is 30.5. The molecule has 2 amide bonds. The van der Waals surface area contributed by atoms with Crippen LogP contribution in [-0.4, -0.2) is 59.6 Å². The minimum Gasteiger partial charge on any atom is -0.383 e. The summed E-state index contributed by atoms with van der Waals surface area (Å²) in [6, 6.07) is 14.6. The van der Waals surface area contributed by atoms with Gasteiger partial charge in [0.1, 0.15) is 5.82 Å². The first-order chi connectivity index (χ1) is 19.3. The van der Waals surface area contributed by atoms with Crippen LogP contribution in [0.5, 0.6) is 0 Å². The quantitative estimate of drug-likeness (QED) is 0.370. The van der Waals surface area contributed by atoms with E-state index in [4.69, 9.17) is 4.74 Å². The summed E-state index contributed by atoms with van der Waals surface area (Å²) < 4.78 is 36.0. The largest absolute Gasteiger partial charge is 0.383 e. The van der Waals surface area contributed by atoms with Gasteiger partial charge in [0.25, 0.3) is 5.91 Å². The second-order valence-corrected chi connectivity index (χ2v) is 10.7. The Morgan fingerprint density at radius 1 is 1.15 bits per heavy atom. The van der Waals surface area contributed by atoms with Crippen molar-refractivity contribution in [1.82, 2.24) is 20.2 Å². The lowest BCUT2D eigenvalue weighted by Crippen LogP contribution is -2.52. The van der Waals surface area contributed by atoms with Gasteiger partial charge in [0.05, 0.1) is 24.1 Å². The van der Waals surface area contributed by atoms with Gasteiger partial charge in [-0.25, -0.2) is 13.8 Å². The van der Waals surface area contributed by atoms with Gasteiger partial charge in [-0.3, -0.25) is 9.59 Å². The molecule has 0 saturated heterocycles. The summed E-state index contributed by atoms with van der Waals surface area (Å²) in [5.74, 6) is -4.02. The van der Waals surface area contributed by atoms with Gasteiger partial charge < -0.3 is 25.3 Å². The Kier molecular flexibility index (Phi) is 8.44. The number of nitrogens with zero attached hydrogens (tertiary/aromatic N) is 2. The predicted octanol–water partition coefficient (Wildman–Crippen LogP) is 4.21. The summed E-state index contributed by atoms with van der Waals surface area (Å²) in [6.07, 6.45) is 5.68. The molecule has 0 radical (unpaired) electrons. The first-order valence-corrected chi connectivity index (χ1v) is 13.7. The molecule has 8 nitrogen and oxygen atoms in total. The van der Waals surface area contributed by atoms with E-state index in [2.05, 4.69) is 27.0 Å². The second-order valence-electron chi connectivity index (χ2n) is 10.7. The molecule has 212 valence electrons. The average molecular weight is 552 g/mol. The highest BCUT2D eigenvalue weighted by Gasteiger charge is 2.45. The highest BCUT2D eigenvalue weighted by atomic mass is 19.3. The lowest BCUT2D eigenvalue weighted by molar-refractivity contribution is -0.134. The van der Waals surface area contributed by atoms with Crippen molar-refractivity contribution in [3.05, 3.63) is 78.2 Å². The highest BCUT2D eigenvalue weighted by Crippen LogP contribution is 2.37. The molecule has 4 atom stereocenters. The van der Waals surface area contributed by atoms with Gasteiger partial charge in [-0.2, -0.15) is 0 Å². The van der Waals surface area contributed by atoms with Crippen LogP contribution in [0.1, 0.15) is 41.6 Å². The van der Waals surface area contributed by atoms with Crippen LogP contribution in [0.3, 0.4) is 0 Å². The number of rotatable bonds is 9. The Morgan fingerprint density at radius 3 is 2.70 bits per heavy atom. The number of para-hydroxylation sites is 1. The zero-order valence-electron chi connectivity index (χ0n) is 22.5. The Balaban J connectivity index is 1.20. The summed E-state index contributed by atoms with van der Waals surface area (Å²) in [5, 5.41) is 9.23. The molecule has 3 N–H and O–H groups in total. The Hall–Kier alpha value is -3.79. The van der Waals surface area contributed by atoms with E-state index in [1.54, 1.807) is 19.2 Å². The van der Waals surface area contributed by atoms with Gasteiger partial charge >= 0.3 is 0 Å². The van der Waals surface area contributed by atoms with Gasteiger partial charge in [0.2, 0.25) is 11.8 Å². The van der Waals surface area contributed by atoms with Crippen molar-refractivity contribution < 1.29 is 23.1 Å². The van der Waals surface area contributed by atoms with Gasteiger partial charge in [0.15, 0.2) is 0 Å². The maximum absolute atomic E-state index is 14.4. The summed E-state index contributed by atoms with van der Waals surface area (Å²) in [6.45, 7) is 0.873. The van der Waals surface area contributed by atoms with E-state index in [1.807, 2.05) is 47.3 Å². The minimum atomic E-state index is -2.95. The fraction of sp³-hybridized carbons (Fsp3) is 0.433. The molecular weight excluding hydrogens is 516 g/mol. The molecular formula is C30H35F2N5O3. The lowest BCUT2D eigenvalue weighted by Gasteiger charge is -2.36. The first kappa shape index (κ1) is 27.8. The molecule has 2 aliphatic rings. The van der Waals surface area contributed by atoms with Crippen molar-refractivity contribution in [2.75, 3.05) is 25.6 Å². The van der Waals surface area contributed by atoms with Gasteiger partial charge in [0, 0.05) is 56.8 Å². The number of alkyl halides is 2.